The van der Waals surface area contributed by atoms with Crippen LogP contribution in [0.15, 0.2) is 54.0 Å². The number of carbonyl (C=O) groups excluding carboxylic acids is 1. The molecule has 2 aromatic heterocycles. The van der Waals surface area contributed by atoms with E-state index in [4.69, 9.17) is 0 Å². The Labute approximate surface area is 180 Å². The first kappa shape index (κ1) is 19.1. The van der Waals surface area contributed by atoms with Gasteiger partial charge >= 0.3 is 0 Å². The first-order valence-corrected chi connectivity index (χ1v) is 11.4. The number of pyridine rings is 1. The van der Waals surface area contributed by atoms with E-state index < -0.39 is 0 Å². The SMILES string of the molecule is O=C(c1csc(-c2ccc(N3CCCC3)nc2)n1)N1CCN(c2ccccc2)CC1. The molecule has 0 bridgehead atoms. The average molecular weight is 420 g/mol. The minimum Gasteiger partial charge on any atom is -0.368 e. The molecule has 154 valence electrons. The van der Waals surface area contributed by atoms with E-state index in [0.717, 1.165) is 42.6 Å². The Balaban J connectivity index is 1.22. The van der Waals surface area contributed by atoms with E-state index in [1.165, 1.54) is 29.9 Å². The molecule has 2 aliphatic heterocycles. The summed E-state index contributed by atoms with van der Waals surface area (Å²) in [5.41, 5.74) is 2.72. The largest absolute Gasteiger partial charge is 0.368 e. The minimum absolute atomic E-state index is 0.0202. The van der Waals surface area contributed by atoms with Crippen molar-refractivity contribution >= 4 is 28.7 Å². The Morgan fingerprint density at radius 3 is 2.33 bits per heavy atom. The normalized spacial score (nSPS) is 16.9. The molecular weight excluding hydrogens is 394 g/mol. The van der Waals surface area contributed by atoms with E-state index in [0.29, 0.717) is 18.8 Å². The molecule has 0 spiro atoms. The second-order valence-corrected chi connectivity index (χ2v) is 8.61. The number of hydrogen-bond donors (Lipinski definition) is 0. The van der Waals surface area contributed by atoms with Crippen LogP contribution in [0.25, 0.3) is 10.6 Å². The Bertz CT molecular complexity index is 990. The smallest absolute Gasteiger partial charge is 0.273 e. The van der Waals surface area contributed by atoms with E-state index in [1.807, 2.05) is 22.5 Å². The van der Waals surface area contributed by atoms with Gasteiger partial charge in [-0.05, 0) is 37.1 Å². The average Bonchev–Trinajstić information content (AvgIpc) is 3.52. The molecule has 7 heteroatoms. The van der Waals surface area contributed by atoms with Crippen LogP contribution >= 0.6 is 11.3 Å². The third kappa shape index (κ3) is 3.89. The first-order chi connectivity index (χ1) is 14.8. The molecule has 0 N–H and O–H groups in total. The van der Waals surface area contributed by atoms with Gasteiger partial charge in [0.05, 0.1) is 0 Å². The number of piperazine rings is 1. The molecule has 2 aliphatic rings. The zero-order valence-corrected chi connectivity index (χ0v) is 17.7. The van der Waals surface area contributed by atoms with Crippen molar-refractivity contribution in [1.29, 1.82) is 0 Å². The molecule has 0 saturated carbocycles. The van der Waals surface area contributed by atoms with E-state index in [2.05, 4.69) is 56.2 Å². The topological polar surface area (TPSA) is 52.6 Å². The number of anilines is 2. The van der Waals surface area contributed by atoms with Crippen LogP contribution in [-0.2, 0) is 0 Å². The summed E-state index contributed by atoms with van der Waals surface area (Å²) in [6.07, 6.45) is 4.35. The number of aromatic nitrogens is 2. The molecular formula is C23H25N5OS. The lowest BCUT2D eigenvalue weighted by Crippen LogP contribution is -2.48. The fourth-order valence-electron chi connectivity index (χ4n) is 4.12. The van der Waals surface area contributed by atoms with Gasteiger partial charge in [-0.2, -0.15) is 0 Å². The van der Waals surface area contributed by atoms with Gasteiger partial charge in [0.15, 0.2) is 0 Å². The molecule has 0 radical (unpaired) electrons. The highest BCUT2D eigenvalue weighted by molar-refractivity contribution is 7.13. The van der Waals surface area contributed by atoms with Gasteiger partial charge < -0.3 is 14.7 Å². The second kappa shape index (κ2) is 8.44. The summed E-state index contributed by atoms with van der Waals surface area (Å²) in [7, 11) is 0. The summed E-state index contributed by atoms with van der Waals surface area (Å²) in [6.45, 7) is 5.28. The molecule has 1 amide bonds. The summed E-state index contributed by atoms with van der Waals surface area (Å²) < 4.78 is 0. The van der Waals surface area contributed by atoms with Gasteiger partial charge in [0.2, 0.25) is 0 Å². The van der Waals surface area contributed by atoms with E-state index in [1.54, 1.807) is 0 Å². The molecule has 6 nitrogen and oxygen atoms in total. The van der Waals surface area contributed by atoms with Crippen LogP contribution in [0.2, 0.25) is 0 Å². The van der Waals surface area contributed by atoms with Crippen LogP contribution in [-0.4, -0.2) is 60.0 Å². The number of para-hydroxylation sites is 1. The molecule has 1 aromatic carbocycles. The maximum absolute atomic E-state index is 12.9. The third-order valence-electron chi connectivity index (χ3n) is 5.84. The second-order valence-electron chi connectivity index (χ2n) is 7.75. The van der Waals surface area contributed by atoms with E-state index >= 15 is 0 Å². The molecule has 2 fully saturated rings. The van der Waals surface area contributed by atoms with Crippen molar-refractivity contribution in [2.24, 2.45) is 0 Å². The van der Waals surface area contributed by atoms with Gasteiger partial charge in [0, 0.05) is 62.1 Å². The van der Waals surface area contributed by atoms with Gasteiger partial charge in [-0.3, -0.25) is 4.79 Å². The van der Waals surface area contributed by atoms with Crippen LogP contribution < -0.4 is 9.80 Å². The molecule has 2 saturated heterocycles. The predicted molar refractivity (Wildman–Crippen MR) is 121 cm³/mol. The predicted octanol–water partition coefficient (Wildman–Crippen LogP) is 3.77. The van der Waals surface area contributed by atoms with Crippen molar-refractivity contribution in [3.05, 3.63) is 59.7 Å². The van der Waals surface area contributed by atoms with Gasteiger partial charge in [0.1, 0.15) is 16.5 Å². The van der Waals surface area contributed by atoms with Crippen molar-refractivity contribution in [2.75, 3.05) is 49.1 Å². The van der Waals surface area contributed by atoms with E-state index in [9.17, 15) is 4.79 Å². The number of thiazole rings is 1. The summed E-state index contributed by atoms with van der Waals surface area (Å²) in [6, 6.07) is 14.5. The number of amides is 1. The Morgan fingerprint density at radius 1 is 0.867 bits per heavy atom. The lowest BCUT2D eigenvalue weighted by molar-refractivity contribution is 0.0742. The highest BCUT2D eigenvalue weighted by Gasteiger charge is 2.24. The number of nitrogens with zero attached hydrogens (tertiary/aromatic N) is 5. The maximum Gasteiger partial charge on any atom is 0.273 e. The van der Waals surface area contributed by atoms with Crippen LogP contribution in [0.5, 0.6) is 0 Å². The number of rotatable bonds is 4. The standard InChI is InChI=1S/C23H25N5OS/c29-23(28-14-12-26(13-15-28)19-6-2-1-3-7-19)20-17-30-22(25-20)18-8-9-21(24-16-18)27-10-4-5-11-27/h1-3,6-9,16-17H,4-5,10-15H2. The molecule has 4 heterocycles. The van der Waals surface area contributed by atoms with Crippen molar-refractivity contribution in [1.82, 2.24) is 14.9 Å². The van der Waals surface area contributed by atoms with Gasteiger partial charge in [-0.1, -0.05) is 18.2 Å². The highest BCUT2D eigenvalue weighted by atomic mass is 32.1. The number of benzene rings is 1. The minimum atomic E-state index is 0.0202. The quantitative estimate of drug-likeness (QED) is 0.644. The third-order valence-corrected chi connectivity index (χ3v) is 6.73. The fraction of sp³-hybridized carbons (Fsp3) is 0.348. The Hall–Kier alpha value is -2.93. The lowest BCUT2D eigenvalue weighted by Gasteiger charge is -2.35. The fourth-order valence-corrected chi connectivity index (χ4v) is 4.90. The molecule has 0 atom stereocenters. The van der Waals surface area contributed by atoms with Gasteiger partial charge in [-0.25, -0.2) is 9.97 Å². The van der Waals surface area contributed by atoms with Crippen LogP contribution in [0.1, 0.15) is 23.3 Å². The maximum atomic E-state index is 12.9. The van der Waals surface area contributed by atoms with Gasteiger partial charge in [-0.15, -0.1) is 11.3 Å². The zero-order valence-electron chi connectivity index (χ0n) is 16.9. The van der Waals surface area contributed by atoms with Crippen molar-refractivity contribution < 1.29 is 4.79 Å². The van der Waals surface area contributed by atoms with Crippen molar-refractivity contribution in [3.63, 3.8) is 0 Å². The van der Waals surface area contributed by atoms with Crippen LogP contribution in [0, 0.1) is 0 Å². The Morgan fingerprint density at radius 2 is 1.63 bits per heavy atom. The summed E-state index contributed by atoms with van der Waals surface area (Å²) in [4.78, 5) is 28.7. The monoisotopic (exact) mass is 419 g/mol. The van der Waals surface area contributed by atoms with Gasteiger partial charge in [0.25, 0.3) is 5.91 Å². The summed E-state index contributed by atoms with van der Waals surface area (Å²) >= 11 is 1.51. The Kier molecular flexibility index (Phi) is 5.36. The molecule has 0 aliphatic carbocycles. The molecule has 30 heavy (non-hydrogen) atoms. The summed E-state index contributed by atoms with van der Waals surface area (Å²) in [5.74, 6) is 1.05. The zero-order chi connectivity index (χ0) is 20.3. The van der Waals surface area contributed by atoms with E-state index in [-0.39, 0.29) is 5.91 Å². The molecule has 0 unspecified atom stereocenters. The number of carbonyl (C=O) groups is 1. The van der Waals surface area contributed by atoms with Crippen molar-refractivity contribution in [2.45, 2.75) is 12.8 Å². The van der Waals surface area contributed by atoms with Crippen LogP contribution in [0.4, 0.5) is 11.5 Å². The molecule has 3 aromatic rings. The van der Waals surface area contributed by atoms with Crippen LogP contribution in [0.3, 0.4) is 0 Å². The highest BCUT2D eigenvalue weighted by Crippen LogP contribution is 2.26. The first-order valence-electron chi connectivity index (χ1n) is 10.5. The number of hydrogen-bond acceptors (Lipinski definition) is 6. The lowest BCUT2D eigenvalue weighted by atomic mass is 10.2. The molecule has 5 rings (SSSR count). The summed E-state index contributed by atoms with van der Waals surface area (Å²) in [5, 5.41) is 2.72. The van der Waals surface area contributed by atoms with Crippen molar-refractivity contribution in [3.8, 4) is 10.6 Å².